The number of rotatable bonds is 0. The molecule has 120 valence electrons. The van der Waals surface area contributed by atoms with Crippen LogP contribution in [0.2, 0.25) is 0 Å². The highest BCUT2D eigenvalue weighted by Crippen LogP contribution is 2.32. The summed E-state index contributed by atoms with van der Waals surface area (Å²) in [5.41, 5.74) is 8.20. The molecule has 0 heteroatoms. The molecule has 0 atom stereocenters. The van der Waals surface area contributed by atoms with Gasteiger partial charge in [-0.05, 0) is 59.1 Å². The van der Waals surface area contributed by atoms with E-state index in [0.29, 0.717) is 0 Å². The zero-order valence-corrected chi connectivity index (χ0v) is 14.2. The van der Waals surface area contributed by atoms with Crippen LogP contribution >= 0.6 is 0 Å². The highest BCUT2D eigenvalue weighted by atomic mass is 14.1. The smallest absolute Gasteiger partial charge is 0.0105 e. The Kier molecular flexibility index (Phi) is 4.46. The SMILES string of the molecule is c1ccc2c(c1)-c1ccc(cc1)CCCCCCc1ccc-2cc1. The lowest BCUT2D eigenvalue weighted by atomic mass is 9.92. The average Bonchev–Trinajstić information content (AvgIpc) is 2.65. The van der Waals surface area contributed by atoms with Crippen LogP contribution < -0.4 is 0 Å². The molecule has 4 aliphatic carbocycles. The normalized spacial score (nSPS) is 14.5. The third kappa shape index (κ3) is 3.28. The van der Waals surface area contributed by atoms with Crippen LogP contribution in [0.5, 0.6) is 0 Å². The molecule has 3 aromatic carbocycles. The highest BCUT2D eigenvalue weighted by molar-refractivity contribution is 5.83. The molecule has 0 amide bonds. The molecule has 4 aliphatic rings. The van der Waals surface area contributed by atoms with Crippen molar-refractivity contribution in [3.8, 4) is 22.3 Å². The minimum Gasteiger partial charge on any atom is -0.0616 e. The molecule has 0 nitrogen and oxygen atoms in total. The fourth-order valence-electron chi connectivity index (χ4n) is 3.70. The zero-order chi connectivity index (χ0) is 16.2. The van der Waals surface area contributed by atoms with E-state index in [4.69, 9.17) is 0 Å². The van der Waals surface area contributed by atoms with Gasteiger partial charge in [0, 0.05) is 0 Å². The van der Waals surface area contributed by atoms with E-state index in [0.717, 1.165) is 0 Å². The van der Waals surface area contributed by atoms with Crippen molar-refractivity contribution in [3.63, 3.8) is 0 Å². The molecule has 0 aromatic heterocycles. The van der Waals surface area contributed by atoms with Gasteiger partial charge in [-0.2, -0.15) is 0 Å². The lowest BCUT2D eigenvalue weighted by molar-refractivity contribution is 0.640. The second-order valence-corrected chi connectivity index (χ2v) is 6.85. The summed E-state index contributed by atoms with van der Waals surface area (Å²) in [5.74, 6) is 0. The van der Waals surface area contributed by atoms with Crippen molar-refractivity contribution in [1.29, 1.82) is 0 Å². The van der Waals surface area contributed by atoms with E-state index in [-0.39, 0.29) is 0 Å². The lowest BCUT2D eigenvalue weighted by Crippen LogP contribution is -1.91. The predicted octanol–water partition coefficient (Wildman–Crippen LogP) is 6.68. The van der Waals surface area contributed by atoms with Crippen LogP contribution in [0.1, 0.15) is 36.8 Å². The molecular formula is C24H24. The Morgan fingerprint density at radius 2 is 0.833 bits per heavy atom. The summed E-state index contributed by atoms with van der Waals surface area (Å²) in [4.78, 5) is 0. The fraction of sp³-hybridized carbons (Fsp3) is 0.250. The molecule has 0 aliphatic heterocycles. The van der Waals surface area contributed by atoms with Crippen LogP contribution in [-0.2, 0) is 12.8 Å². The summed E-state index contributed by atoms with van der Waals surface area (Å²) in [6.07, 6.45) is 7.68. The third-order valence-electron chi connectivity index (χ3n) is 5.14. The average molecular weight is 312 g/mol. The maximum atomic E-state index is 2.31. The van der Waals surface area contributed by atoms with Crippen LogP contribution in [0.15, 0.2) is 72.8 Å². The first-order valence-corrected chi connectivity index (χ1v) is 9.18. The highest BCUT2D eigenvalue weighted by Gasteiger charge is 2.08. The van der Waals surface area contributed by atoms with Crippen LogP contribution in [0.4, 0.5) is 0 Å². The zero-order valence-electron chi connectivity index (χ0n) is 14.2. The quantitative estimate of drug-likeness (QED) is 0.434. The number of aryl methyl sites for hydroxylation is 2. The number of hydrogen-bond donors (Lipinski definition) is 0. The van der Waals surface area contributed by atoms with Crippen LogP contribution in [-0.4, -0.2) is 0 Å². The van der Waals surface area contributed by atoms with Crippen LogP contribution in [0.3, 0.4) is 0 Å². The van der Waals surface area contributed by atoms with Crippen molar-refractivity contribution in [2.75, 3.05) is 0 Å². The van der Waals surface area contributed by atoms with Gasteiger partial charge < -0.3 is 0 Å². The van der Waals surface area contributed by atoms with E-state index in [2.05, 4.69) is 72.8 Å². The Morgan fingerprint density at radius 3 is 1.25 bits per heavy atom. The molecule has 4 bridgehead atoms. The van der Waals surface area contributed by atoms with Gasteiger partial charge in [0.15, 0.2) is 0 Å². The van der Waals surface area contributed by atoms with Crippen molar-refractivity contribution in [2.24, 2.45) is 0 Å². The summed E-state index contributed by atoms with van der Waals surface area (Å²) >= 11 is 0. The van der Waals surface area contributed by atoms with Gasteiger partial charge >= 0.3 is 0 Å². The van der Waals surface area contributed by atoms with E-state index in [9.17, 15) is 0 Å². The fourth-order valence-corrected chi connectivity index (χ4v) is 3.70. The molecule has 0 fully saturated rings. The Balaban J connectivity index is 1.80. The largest absolute Gasteiger partial charge is 0.0616 e. The Labute approximate surface area is 145 Å². The van der Waals surface area contributed by atoms with Gasteiger partial charge in [0.1, 0.15) is 0 Å². The van der Waals surface area contributed by atoms with Gasteiger partial charge in [0.2, 0.25) is 0 Å². The summed E-state index contributed by atoms with van der Waals surface area (Å²) < 4.78 is 0. The molecule has 0 N–H and O–H groups in total. The van der Waals surface area contributed by atoms with Gasteiger partial charge in [-0.15, -0.1) is 0 Å². The minimum absolute atomic E-state index is 1.20. The molecule has 0 saturated heterocycles. The third-order valence-corrected chi connectivity index (χ3v) is 5.14. The Morgan fingerprint density at radius 1 is 0.417 bits per heavy atom. The first kappa shape index (κ1) is 15.2. The Hall–Kier alpha value is -2.34. The molecule has 0 saturated carbocycles. The topological polar surface area (TPSA) is 0 Å². The van der Waals surface area contributed by atoms with Crippen LogP contribution in [0, 0.1) is 0 Å². The number of hydrogen-bond acceptors (Lipinski definition) is 0. The van der Waals surface area contributed by atoms with E-state index < -0.39 is 0 Å². The molecular weight excluding hydrogens is 288 g/mol. The van der Waals surface area contributed by atoms with Gasteiger partial charge in [-0.1, -0.05) is 85.6 Å². The minimum atomic E-state index is 1.20. The van der Waals surface area contributed by atoms with Gasteiger partial charge in [-0.3, -0.25) is 0 Å². The Bertz CT molecular complexity index is 724. The first-order chi connectivity index (χ1) is 11.9. The second kappa shape index (κ2) is 7.05. The predicted molar refractivity (Wildman–Crippen MR) is 103 cm³/mol. The van der Waals surface area contributed by atoms with Crippen molar-refractivity contribution < 1.29 is 0 Å². The summed E-state index contributed by atoms with van der Waals surface area (Å²) in [7, 11) is 0. The maximum Gasteiger partial charge on any atom is -0.0105 e. The maximum absolute atomic E-state index is 2.31. The molecule has 7 rings (SSSR count). The summed E-state index contributed by atoms with van der Waals surface area (Å²) in [6.45, 7) is 0. The summed E-state index contributed by atoms with van der Waals surface area (Å²) in [6, 6.07) is 27.1. The second-order valence-electron chi connectivity index (χ2n) is 6.85. The van der Waals surface area contributed by atoms with E-state index in [1.54, 1.807) is 0 Å². The van der Waals surface area contributed by atoms with Gasteiger partial charge in [-0.25, -0.2) is 0 Å². The molecule has 0 heterocycles. The monoisotopic (exact) mass is 312 g/mol. The van der Waals surface area contributed by atoms with Crippen molar-refractivity contribution >= 4 is 0 Å². The van der Waals surface area contributed by atoms with Crippen molar-refractivity contribution in [2.45, 2.75) is 38.5 Å². The molecule has 0 radical (unpaired) electrons. The standard InChI is InChI=1S/C24H24/c1-2-4-8-20-13-17-22(18-14-20)24-10-6-5-9-23(24)21-15-11-19(7-3-1)12-16-21/h5-6,9-18H,1-4,7-8H2. The molecule has 24 heavy (non-hydrogen) atoms. The van der Waals surface area contributed by atoms with Gasteiger partial charge in [0.05, 0.1) is 0 Å². The van der Waals surface area contributed by atoms with Crippen molar-refractivity contribution in [1.82, 2.24) is 0 Å². The van der Waals surface area contributed by atoms with E-state index in [1.165, 1.54) is 71.9 Å². The lowest BCUT2D eigenvalue weighted by Gasteiger charge is -2.12. The molecule has 0 spiro atoms. The summed E-state index contributed by atoms with van der Waals surface area (Å²) in [5, 5.41) is 0. The van der Waals surface area contributed by atoms with E-state index in [1.807, 2.05) is 0 Å². The van der Waals surface area contributed by atoms with Crippen molar-refractivity contribution in [3.05, 3.63) is 83.9 Å². The van der Waals surface area contributed by atoms with E-state index >= 15 is 0 Å². The van der Waals surface area contributed by atoms with Gasteiger partial charge in [0.25, 0.3) is 0 Å². The molecule has 3 aromatic rings. The van der Waals surface area contributed by atoms with Crippen LogP contribution in [0.25, 0.3) is 22.3 Å². The first-order valence-electron chi connectivity index (χ1n) is 9.18. The number of benzene rings is 3. The molecule has 0 unspecified atom stereocenters.